The molecule has 114 valence electrons. The number of fused-ring (bicyclic) bond motifs is 3. The maximum Gasteiger partial charge on any atom is 0.247 e. The van der Waals surface area contributed by atoms with Crippen molar-refractivity contribution >= 4 is 17.4 Å². The minimum absolute atomic E-state index is 0.369. The number of rotatable bonds is 2. The lowest BCUT2D eigenvalue weighted by Gasteiger charge is -2.18. The number of para-hydroxylation sites is 1. The standard InChI is InChI=1S/C16H13N5OS/c1-23-16-19-15-13(20-21-16)11-4-2-3-5-12(11)18-14(22-15)10-6-8-17-9-7-10/h2-9,14,18H,1H3. The fraction of sp³-hybridized carbons (Fsp3) is 0.125. The smallest absolute Gasteiger partial charge is 0.247 e. The molecule has 0 saturated carbocycles. The minimum atomic E-state index is -0.369. The first-order valence-corrected chi connectivity index (χ1v) is 8.29. The van der Waals surface area contributed by atoms with E-state index < -0.39 is 0 Å². The van der Waals surface area contributed by atoms with Gasteiger partial charge in [0.25, 0.3) is 0 Å². The van der Waals surface area contributed by atoms with E-state index in [0.29, 0.717) is 16.7 Å². The van der Waals surface area contributed by atoms with Gasteiger partial charge in [-0.05, 0) is 24.5 Å². The van der Waals surface area contributed by atoms with Crippen molar-refractivity contribution in [2.45, 2.75) is 11.4 Å². The van der Waals surface area contributed by atoms with E-state index in [1.54, 1.807) is 12.4 Å². The predicted molar refractivity (Wildman–Crippen MR) is 88.3 cm³/mol. The molecule has 0 fully saturated rings. The van der Waals surface area contributed by atoms with Gasteiger partial charge in [0.05, 0.1) is 0 Å². The SMILES string of the molecule is CSc1nnc2c(n1)OC(c1ccncc1)Nc1ccccc1-2. The Morgan fingerprint density at radius 3 is 2.74 bits per heavy atom. The van der Waals surface area contributed by atoms with Crippen LogP contribution in [0.1, 0.15) is 11.8 Å². The summed E-state index contributed by atoms with van der Waals surface area (Å²) < 4.78 is 6.10. The molecule has 0 radical (unpaired) electrons. The summed E-state index contributed by atoms with van der Waals surface area (Å²) in [6.07, 6.45) is 5.02. The van der Waals surface area contributed by atoms with Crippen molar-refractivity contribution < 1.29 is 4.74 Å². The normalized spacial score (nSPS) is 15.6. The van der Waals surface area contributed by atoms with Gasteiger partial charge in [0.2, 0.25) is 11.0 Å². The van der Waals surface area contributed by atoms with Crippen molar-refractivity contribution in [1.29, 1.82) is 0 Å². The first-order chi connectivity index (χ1) is 11.3. The predicted octanol–water partition coefficient (Wildman–Crippen LogP) is 3.16. The number of nitrogens with one attached hydrogen (secondary N) is 1. The van der Waals surface area contributed by atoms with E-state index >= 15 is 0 Å². The van der Waals surface area contributed by atoms with E-state index in [-0.39, 0.29) is 6.23 Å². The first kappa shape index (κ1) is 14.0. The van der Waals surface area contributed by atoms with Crippen molar-refractivity contribution in [2.24, 2.45) is 0 Å². The number of anilines is 1. The number of nitrogens with zero attached hydrogens (tertiary/aromatic N) is 4. The molecule has 1 atom stereocenters. The van der Waals surface area contributed by atoms with Crippen LogP contribution in [0.4, 0.5) is 5.69 Å². The van der Waals surface area contributed by atoms with E-state index in [0.717, 1.165) is 16.8 Å². The van der Waals surface area contributed by atoms with Crippen LogP contribution in [-0.2, 0) is 0 Å². The number of hydrogen-bond acceptors (Lipinski definition) is 7. The van der Waals surface area contributed by atoms with Crippen LogP contribution in [-0.4, -0.2) is 26.4 Å². The topological polar surface area (TPSA) is 72.8 Å². The number of hydrogen-bond donors (Lipinski definition) is 1. The highest BCUT2D eigenvalue weighted by Crippen LogP contribution is 2.39. The van der Waals surface area contributed by atoms with Crippen molar-refractivity contribution in [3.8, 4) is 17.1 Å². The van der Waals surface area contributed by atoms with Crippen LogP contribution in [0, 0.1) is 0 Å². The zero-order chi connectivity index (χ0) is 15.6. The lowest BCUT2D eigenvalue weighted by Crippen LogP contribution is -2.17. The molecule has 0 bridgehead atoms. The highest BCUT2D eigenvalue weighted by atomic mass is 32.2. The van der Waals surface area contributed by atoms with Gasteiger partial charge in [-0.25, -0.2) is 0 Å². The first-order valence-electron chi connectivity index (χ1n) is 7.06. The van der Waals surface area contributed by atoms with Gasteiger partial charge >= 0.3 is 0 Å². The zero-order valence-corrected chi connectivity index (χ0v) is 13.1. The van der Waals surface area contributed by atoms with E-state index in [4.69, 9.17) is 4.74 Å². The average molecular weight is 323 g/mol. The molecule has 1 aliphatic rings. The molecule has 1 N–H and O–H groups in total. The Bertz CT molecular complexity index is 843. The van der Waals surface area contributed by atoms with E-state index in [1.807, 2.05) is 42.7 Å². The summed E-state index contributed by atoms with van der Waals surface area (Å²) >= 11 is 1.43. The average Bonchev–Trinajstić information content (AvgIpc) is 2.78. The monoisotopic (exact) mass is 323 g/mol. The van der Waals surface area contributed by atoms with Gasteiger partial charge in [-0.1, -0.05) is 30.0 Å². The fourth-order valence-electron chi connectivity index (χ4n) is 2.42. The third-order valence-electron chi connectivity index (χ3n) is 3.53. The molecule has 1 aliphatic heterocycles. The van der Waals surface area contributed by atoms with E-state index in [2.05, 4.69) is 25.5 Å². The van der Waals surface area contributed by atoms with Crippen molar-refractivity contribution in [1.82, 2.24) is 20.2 Å². The van der Waals surface area contributed by atoms with Gasteiger partial charge < -0.3 is 10.1 Å². The number of ether oxygens (including phenoxy) is 1. The molecule has 7 heteroatoms. The molecule has 2 aromatic heterocycles. The Balaban J connectivity index is 1.87. The Morgan fingerprint density at radius 1 is 1.09 bits per heavy atom. The quantitative estimate of drug-likeness (QED) is 0.726. The molecule has 0 spiro atoms. The van der Waals surface area contributed by atoms with Crippen molar-refractivity contribution in [3.63, 3.8) is 0 Å². The zero-order valence-electron chi connectivity index (χ0n) is 12.3. The Labute approximate surface area is 137 Å². The second kappa shape index (κ2) is 5.85. The molecule has 1 aromatic carbocycles. The van der Waals surface area contributed by atoms with Gasteiger partial charge in [-0.2, -0.15) is 4.98 Å². The molecule has 1 unspecified atom stereocenters. The van der Waals surface area contributed by atoms with Gasteiger partial charge in [-0.3, -0.25) is 4.98 Å². The summed E-state index contributed by atoms with van der Waals surface area (Å²) in [5.41, 5.74) is 3.46. The molecule has 4 rings (SSSR count). The minimum Gasteiger partial charge on any atom is -0.448 e. The lowest BCUT2D eigenvalue weighted by atomic mass is 10.1. The van der Waals surface area contributed by atoms with Gasteiger partial charge in [0, 0.05) is 29.2 Å². The Kier molecular flexibility index (Phi) is 3.55. The molecular formula is C16H13N5OS. The van der Waals surface area contributed by atoms with Gasteiger partial charge in [0.1, 0.15) is 0 Å². The van der Waals surface area contributed by atoms with Crippen LogP contribution >= 0.6 is 11.8 Å². The third-order valence-corrected chi connectivity index (χ3v) is 4.06. The van der Waals surface area contributed by atoms with Gasteiger partial charge in [-0.15, -0.1) is 10.2 Å². The molecule has 0 amide bonds. The maximum atomic E-state index is 6.10. The second-order valence-electron chi connectivity index (χ2n) is 4.92. The molecule has 0 saturated heterocycles. The highest BCUT2D eigenvalue weighted by Gasteiger charge is 2.25. The fourth-order valence-corrected chi connectivity index (χ4v) is 2.72. The number of benzene rings is 1. The van der Waals surface area contributed by atoms with Crippen LogP contribution in [0.25, 0.3) is 11.3 Å². The van der Waals surface area contributed by atoms with Gasteiger partial charge in [0.15, 0.2) is 11.9 Å². The molecule has 3 aromatic rings. The summed E-state index contributed by atoms with van der Waals surface area (Å²) in [5.74, 6) is 0.476. The molecule has 23 heavy (non-hydrogen) atoms. The number of pyridine rings is 1. The van der Waals surface area contributed by atoms with Crippen LogP contribution in [0.15, 0.2) is 53.9 Å². The Morgan fingerprint density at radius 2 is 1.91 bits per heavy atom. The van der Waals surface area contributed by atoms with Crippen molar-refractivity contribution in [3.05, 3.63) is 54.4 Å². The summed E-state index contributed by atoms with van der Waals surface area (Å²) in [4.78, 5) is 8.53. The molecule has 3 heterocycles. The van der Waals surface area contributed by atoms with Crippen LogP contribution < -0.4 is 10.1 Å². The van der Waals surface area contributed by atoms with Crippen molar-refractivity contribution in [2.75, 3.05) is 11.6 Å². The maximum absolute atomic E-state index is 6.10. The summed E-state index contributed by atoms with van der Waals surface area (Å²) in [6, 6.07) is 11.7. The number of thioether (sulfide) groups is 1. The summed E-state index contributed by atoms with van der Waals surface area (Å²) in [5, 5.41) is 12.4. The Hall–Kier alpha value is -2.67. The molecular weight excluding hydrogens is 310 g/mol. The molecule has 0 aliphatic carbocycles. The van der Waals surface area contributed by atoms with Crippen LogP contribution in [0.5, 0.6) is 5.88 Å². The van der Waals surface area contributed by atoms with E-state index in [9.17, 15) is 0 Å². The van der Waals surface area contributed by atoms with E-state index in [1.165, 1.54) is 11.8 Å². The summed E-state index contributed by atoms with van der Waals surface area (Å²) in [7, 11) is 0. The number of aromatic nitrogens is 4. The summed E-state index contributed by atoms with van der Waals surface area (Å²) in [6.45, 7) is 0. The molecule has 6 nitrogen and oxygen atoms in total. The van der Waals surface area contributed by atoms with Crippen LogP contribution in [0.2, 0.25) is 0 Å². The lowest BCUT2D eigenvalue weighted by molar-refractivity contribution is 0.225. The van der Waals surface area contributed by atoms with Crippen LogP contribution in [0.3, 0.4) is 0 Å². The largest absolute Gasteiger partial charge is 0.448 e. The highest BCUT2D eigenvalue weighted by molar-refractivity contribution is 7.98. The second-order valence-corrected chi connectivity index (χ2v) is 5.69. The third kappa shape index (κ3) is 2.59.